The van der Waals surface area contributed by atoms with Crippen LogP contribution in [0.1, 0.15) is 12.5 Å². The molecule has 0 spiro atoms. The predicted molar refractivity (Wildman–Crippen MR) is 52.4 cm³/mol. The molecule has 1 aromatic carbocycles. The van der Waals surface area contributed by atoms with Crippen LogP contribution in [0.15, 0.2) is 50.1 Å². The number of hydrogen-bond acceptors (Lipinski definition) is 0. The maximum absolute atomic E-state index is 3.83. The van der Waals surface area contributed by atoms with Gasteiger partial charge in [-0.2, -0.15) is 0 Å². The monoisotopic (exact) mass is 146 g/mol. The van der Waals surface area contributed by atoms with Crippen LogP contribution in [0.2, 0.25) is 0 Å². The molecular formula is C11H14. The van der Waals surface area contributed by atoms with E-state index < -0.39 is 0 Å². The fourth-order valence-electron chi connectivity index (χ4n) is 0.723. The van der Waals surface area contributed by atoms with Gasteiger partial charge in [0.05, 0.1) is 0 Å². The van der Waals surface area contributed by atoms with Crippen molar-refractivity contribution < 1.29 is 0 Å². The molecule has 0 radical (unpaired) electrons. The Morgan fingerprint density at radius 2 is 1.55 bits per heavy atom. The molecule has 11 heavy (non-hydrogen) atoms. The Bertz CT molecular complexity index is 209. The second-order valence-electron chi connectivity index (χ2n) is 2.15. The molecule has 1 rings (SSSR count). The Morgan fingerprint density at radius 1 is 1.09 bits per heavy atom. The minimum Gasteiger partial charge on any atom is -0.106 e. The molecule has 0 amide bonds. The molecule has 0 saturated heterocycles. The highest BCUT2D eigenvalue weighted by atomic mass is 13.9. The SMILES string of the molecule is C=C.C=C(C)c1ccccc1. The average Bonchev–Trinajstić information content (AvgIpc) is 2.10. The molecule has 0 aliphatic carbocycles. The second-order valence-corrected chi connectivity index (χ2v) is 2.15. The molecule has 0 fully saturated rings. The molecule has 0 atom stereocenters. The molecule has 0 aliphatic rings. The highest BCUT2D eigenvalue weighted by Gasteiger charge is 1.86. The van der Waals surface area contributed by atoms with Crippen LogP contribution in [0.3, 0.4) is 0 Å². The van der Waals surface area contributed by atoms with Crippen molar-refractivity contribution in [3.63, 3.8) is 0 Å². The van der Waals surface area contributed by atoms with Crippen LogP contribution in [0, 0.1) is 0 Å². The van der Waals surface area contributed by atoms with Crippen molar-refractivity contribution >= 4 is 5.57 Å². The van der Waals surface area contributed by atoms with Crippen molar-refractivity contribution in [3.05, 3.63) is 55.6 Å². The van der Waals surface area contributed by atoms with Gasteiger partial charge >= 0.3 is 0 Å². The highest BCUT2D eigenvalue weighted by Crippen LogP contribution is 2.08. The maximum atomic E-state index is 3.83. The Balaban J connectivity index is 0.000000461. The predicted octanol–water partition coefficient (Wildman–Crippen LogP) is 3.52. The largest absolute Gasteiger partial charge is 0.106 e. The van der Waals surface area contributed by atoms with Gasteiger partial charge in [-0.15, -0.1) is 13.2 Å². The van der Waals surface area contributed by atoms with Crippen molar-refractivity contribution in [1.29, 1.82) is 0 Å². The van der Waals surface area contributed by atoms with Gasteiger partial charge in [0.1, 0.15) is 0 Å². The quantitative estimate of drug-likeness (QED) is 0.532. The maximum Gasteiger partial charge on any atom is -0.0233 e. The minimum atomic E-state index is 1.12. The smallest absolute Gasteiger partial charge is 0.0233 e. The first-order valence-corrected chi connectivity index (χ1v) is 3.51. The summed E-state index contributed by atoms with van der Waals surface area (Å²) in [4.78, 5) is 0. The molecule has 0 heteroatoms. The molecular weight excluding hydrogens is 132 g/mol. The summed E-state index contributed by atoms with van der Waals surface area (Å²) < 4.78 is 0. The highest BCUT2D eigenvalue weighted by molar-refractivity contribution is 5.60. The summed E-state index contributed by atoms with van der Waals surface area (Å²) in [5.41, 5.74) is 2.34. The molecule has 0 saturated carbocycles. The molecule has 0 aromatic heterocycles. The van der Waals surface area contributed by atoms with E-state index in [9.17, 15) is 0 Å². The van der Waals surface area contributed by atoms with Crippen LogP contribution in [0.5, 0.6) is 0 Å². The van der Waals surface area contributed by atoms with E-state index in [1.807, 2.05) is 25.1 Å². The lowest BCUT2D eigenvalue weighted by Crippen LogP contribution is -1.72. The van der Waals surface area contributed by atoms with Crippen LogP contribution < -0.4 is 0 Å². The van der Waals surface area contributed by atoms with Gasteiger partial charge in [-0.25, -0.2) is 0 Å². The molecule has 0 N–H and O–H groups in total. The summed E-state index contributed by atoms with van der Waals surface area (Å²) in [5, 5.41) is 0. The van der Waals surface area contributed by atoms with Gasteiger partial charge < -0.3 is 0 Å². The van der Waals surface area contributed by atoms with Crippen LogP contribution in [0.4, 0.5) is 0 Å². The van der Waals surface area contributed by atoms with Gasteiger partial charge in [0.2, 0.25) is 0 Å². The first-order valence-electron chi connectivity index (χ1n) is 3.51. The van der Waals surface area contributed by atoms with Crippen molar-refractivity contribution in [3.8, 4) is 0 Å². The standard InChI is InChI=1S/C9H10.C2H4/c1-8(2)9-6-4-3-5-7-9;1-2/h3-7H,1H2,2H3;1-2H2. The Hall–Kier alpha value is -1.30. The minimum absolute atomic E-state index is 1.12. The fraction of sp³-hybridized carbons (Fsp3) is 0.0909. The van der Waals surface area contributed by atoms with E-state index in [2.05, 4.69) is 31.9 Å². The lowest BCUT2D eigenvalue weighted by molar-refractivity contribution is 1.58. The van der Waals surface area contributed by atoms with Crippen LogP contribution >= 0.6 is 0 Å². The molecule has 58 valence electrons. The first-order chi connectivity index (χ1) is 5.30. The third-order valence-electron chi connectivity index (χ3n) is 1.27. The van der Waals surface area contributed by atoms with Crippen molar-refractivity contribution in [2.45, 2.75) is 6.92 Å². The zero-order valence-electron chi connectivity index (χ0n) is 7.01. The van der Waals surface area contributed by atoms with Gasteiger partial charge in [-0.1, -0.05) is 42.5 Å². The molecule has 0 aliphatic heterocycles. The van der Waals surface area contributed by atoms with E-state index in [4.69, 9.17) is 0 Å². The van der Waals surface area contributed by atoms with E-state index in [1.165, 1.54) is 5.56 Å². The number of allylic oxidation sites excluding steroid dienone is 1. The van der Waals surface area contributed by atoms with E-state index in [1.54, 1.807) is 0 Å². The van der Waals surface area contributed by atoms with Gasteiger partial charge in [0.25, 0.3) is 0 Å². The summed E-state index contributed by atoms with van der Waals surface area (Å²) >= 11 is 0. The fourth-order valence-corrected chi connectivity index (χ4v) is 0.723. The lowest BCUT2D eigenvalue weighted by atomic mass is 10.1. The van der Waals surface area contributed by atoms with Gasteiger partial charge in [0, 0.05) is 0 Å². The van der Waals surface area contributed by atoms with Crippen LogP contribution in [-0.2, 0) is 0 Å². The summed E-state index contributed by atoms with van der Waals surface area (Å²) in [6.45, 7) is 11.8. The molecule has 0 bridgehead atoms. The molecule has 0 unspecified atom stereocenters. The number of hydrogen-bond donors (Lipinski definition) is 0. The van der Waals surface area contributed by atoms with Crippen LogP contribution in [-0.4, -0.2) is 0 Å². The summed E-state index contributed by atoms with van der Waals surface area (Å²) in [7, 11) is 0. The number of rotatable bonds is 1. The molecule has 0 heterocycles. The van der Waals surface area contributed by atoms with E-state index in [-0.39, 0.29) is 0 Å². The van der Waals surface area contributed by atoms with Crippen LogP contribution in [0.25, 0.3) is 5.57 Å². The van der Waals surface area contributed by atoms with Crippen molar-refractivity contribution in [2.75, 3.05) is 0 Å². The molecule has 0 nitrogen and oxygen atoms in total. The van der Waals surface area contributed by atoms with Gasteiger partial charge in [-0.3, -0.25) is 0 Å². The second kappa shape index (κ2) is 5.48. The van der Waals surface area contributed by atoms with E-state index >= 15 is 0 Å². The zero-order valence-corrected chi connectivity index (χ0v) is 7.01. The third-order valence-corrected chi connectivity index (χ3v) is 1.27. The Morgan fingerprint density at radius 3 is 1.82 bits per heavy atom. The Labute approximate surface area is 68.9 Å². The zero-order chi connectivity index (χ0) is 8.69. The van der Waals surface area contributed by atoms with Gasteiger partial charge in [-0.05, 0) is 12.5 Å². The topological polar surface area (TPSA) is 0 Å². The lowest BCUT2D eigenvalue weighted by Gasteiger charge is -1.94. The molecule has 1 aromatic rings. The van der Waals surface area contributed by atoms with E-state index in [0.717, 1.165) is 5.57 Å². The van der Waals surface area contributed by atoms with Gasteiger partial charge in [0.15, 0.2) is 0 Å². The van der Waals surface area contributed by atoms with Crippen molar-refractivity contribution in [1.82, 2.24) is 0 Å². The summed E-state index contributed by atoms with van der Waals surface area (Å²) in [6, 6.07) is 10.2. The third kappa shape index (κ3) is 3.41. The normalized spacial score (nSPS) is 7.73. The van der Waals surface area contributed by atoms with Crippen molar-refractivity contribution in [2.24, 2.45) is 0 Å². The van der Waals surface area contributed by atoms with E-state index in [0.29, 0.717) is 0 Å². The first kappa shape index (κ1) is 9.70. The summed E-state index contributed by atoms with van der Waals surface area (Å²) in [6.07, 6.45) is 0. The Kier molecular flexibility index (Phi) is 4.83. The average molecular weight is 146 g/mol. The number of benzene rings is 1. The summed E-state index contributed by atoms with van der Waals surface area (Å²) in [5.74, 6) is 0.